The molecule has 1 aliphatic heterocycles. The lowest BCUT2D eigenvalue weighted by atomic mass is 10.2. The Morgan fingerprint density at radius 3 is 2.61 bits per heavy atom. The number of amidine groups is 1. The van der Waals surface area contributed by atoms with Crippen LogP contribution in [0.4, 0.5) is 4.39 Å². The molecule has 7 heteroatoms. The second kappa shape index (κ2) is 9.86. The first-order valence-electron chi connectivity index (χ1n) is 9.52. The zero-order chi connectivity index (χ0) is 21.5. The minimum atomic E-state index is -0.393. The molecule has 154 valence electrons. The van der Waals surface area contributed by atoms with Crippen molar-refractivity contribution in [2.24, 2.45) is 10.2 Å². The van der Waals surface area contributed by atoms with Crippen molar-refractivity contribution in [1.29, 1.82) is 0 Å². The molecule has 0 atom stereocenters. The zero-order valence-electron chi connectivity index (χ0n) is 16.4. The van der Waals surface area contributed by atoms with Crippen LogP contribution in [0.25, 0.3) is 12.2 Å². The number of halogens is 1. The summed E-state index contributed by atoms with van der Waals surface area (Å²) in [6.07, 6.45) is 8.30. The quantitative estimate of drug-likeness (QED) is 0.290. The van der Waals surface area contributed by atoms with Crippen molar-refractivity contribution in [3.8, 4) is 0 Å². The molecule has 0 spiro atoms. The van der Waals surface area contributed by atoms with Crippen LogP contribution in [-0.4, -0.2) is 22.2 Å². The molecule has 0 aliphatic carbocycles. The lowest BCUT2D eigenvalue weighted by molar-refractivity contribution is -0.122. The van der Waals surface area contributed by atoms with E-state index in [1.165, 1.54) is 17.0 Å². The average Bonchev–Trinajstić information content (AvgIpc) is 3.40. The smallest absolute Gasteiger partial charge is 0.267 e. The van der Waals surface area contributed by atoms with Crippen LogP contribution in [-0.2, 0) is 11.3 Å². The summed E-state index contributed by atoms with van der Waals surface area (Å²) in [4.78, 5) is 14.8. The van der Waals surface area contributed by atoms with Crippen molar-refractivity contribution in [3.05, 3.63) is 107 Å². The molecule has 31 heavy (non-hydrogen) atoms. The Bertz CT molecular complexity index is 1170. The Kier molecular flexibility index (Phi) is 6.54. The van der Waals surface area contributed by atoms with Gasteiger partial charge in [0.2, 0.25) is 0 Å². The van der Waals surface area contributed by atoms with E-state index >= 15 is 0 Å². The Labute approximate surface area is 183 Å². The number of hydrogen-bond acceptors (Lipinski definition) is 5. The number of thioether (sulfide) groups is 1. The van der Waals surface area contributed by atoms with E-state index in [1.807, 2.05) is 36.4 Å². The second-order valence-electron chi connectivity index (χ2n) is 6.52. The topological polar surface area (TPSA) is 58.2 Å². The minimum Gasteiger partial charge on any atom is -0.467 e. The van der Waals surface area contributed by atoms with E-state index in [4.69, 9.17) is 4.42 Å². The number of hydrogen-bond donors (Lipinski definition) is 0. The lowest BCUT2D eigenvalue weighted by Crippen LogP contribution is -2.28. The maximum atomic E-state index is 14.0. The molecular formula is C24H18FN3O2S. The molecule has 0 bridgehead atoms. The molecule has 2 heterocycles. The third-order valence-corrected chi connectivity index (χ3v) is 5.36. The molecule has 0 radical (unpaired) electrons. The van der Waals surface area contributed by atoms with Crippen LogP contribution < -0.4 is 0 Å². The summed E-state index contributed by atoms with van der Waals surface area (Å²) in [7, 11) is 0. The van der Waals surface area contributed by atoms with Crippen molar-refractivity contribution < 1.29 is 13.6 Å². The highest BCUT2D eigenvalue weighted by atomic mass is 32.2. The van der Waals surface area contributed by atoms with Gasteiger partial charge in [-0.2, -0.15) is 5.10 Å². The summed E-state index contributed by atoms with van der Waals surface area (Å²) in [5.41, 5.74) is 1.38. The molecule has 2 aromatic carbocycles. The van der Waals surface area contributed by atoms with Crippen LogP contribution in [0.15, 0.2) is 98.6 Å². The van der Waals surface area contributed by atoms with Gasteiger partial charge in [0.05, 0.1) is 17.7 Å². The summed E-state index contributed by atoms with van der Waals surface area (Å²) in [6, 6.07) is 19.6. The standard InChI is InChI=1S/C24H18FN3O2S/c25-21-13-5-4-11-19(21)16-22-23(29)28(17-20-12-7-15-30-20)24(31-22)27-26-14-6-10-18-8-2-1-3-9-18/h1-16H,17H2/b10-6+,22-16-,26-14-,27-24+. The Hall–Kier alpha value is -3.71. The summed E-state index contributed by atoms with van der Waals surface area (Å²) in [6.45, 7) is 0.210. The maximum absolute atomic E-state index is 14.0. The highest BCUT2D eigenvalue weighted by Gasteiger charge is 2.34. The van der Waals surface area contributed by atoms with Crippen molar-refractivity contribution >= 4 is 41.2 Å². The fourth-order valence-corrected chi connectivity index (χ4v) is 3.78. The van der Waals surface area contributed by atoms with Gasteiger partial charge in [-0.25, -0.2) is 4.39 Å². The van der Waals surface area contributed by atoms with Crippen molar-refractivity contribution in [2.45, 2.75) is 6.54 Å². The van der Waals surface area contributed by atoms with Crippen LogP contribution in [0.2, 0.25) is 0 Å². The van der Waals surface area contributed by atoms with Crippen LogP contribution >= 0.6 is 11.8 Å². The average molecular weight is 431 g/mol. The van der Waals surface area contributed by atoms with Gasteiger partial charge in [-0.3, -0.25) is 9.69 Å². The van der Waals surface area contributed by atoms with Gasteiger partial charge >= 0.3 is 0 Å². The van der Waals surface area contributed by atoms with E-state index in [-0.39, 0.29) is 12.5 Å². The largest absolute Gasteiger partial charge is 0.467 e. The van der Waals surface area contributed by atoms with E-state index in [0.29, 0.717) is 21.4 Å². The third-order valence-electron chi connectivity index (χ3n) is 4.36. The van der Waals surface area contributed by atoms with E-state index in [0.717, 1.165) is 17.3 Å². The molecule has 3 aromatic rings. The summed E-state index contributed by atoms with van der Waals surface area (Å²) >= 11 is 1.15. The highest BCUT2D eigenvalue weighted by Crippen LogP contribution is 2.34. The number of rotatable bonds is 6. The number of carbonyl (C=O) groups excluding carboxylic acids is 1. The van der Waals surface area contributed by atoms with Crippen molar-refractivity contribution in [3.63, 3.8) is 0 Å². The van der Waals surface area contributed by atoms with E-state index < -0.39 is 5.82 Å². The molecule has 0 unspecified atom stereocenters. The summed E-state index contributed by atoms with van der Waals surface area (Å²) in [5.74, 6) is -0.0596. The first-order chi connectivity index (χ1) is 15.2. The highest BCUT2D eigenvalue weighted by molar-refractivity contribution is 8.18. The van der Waals surface area contributed by atoms with E-state index in [9.17, 15) is 9.18 Å². The van der Waals surface area contributed by atoms with Crippen LogP contribution in [0, 0.1) is 5.82 Å². The lowest BCUT2D eigenvalue weighted by Gasteiger charge is -2.12. The number of benzene rings is 2. The monoisotopic (exact) mass is 431 g/mol. The van der Waals surface area contributed by atoms with Crippen LogP contribution in [0.5, 0.6) is 0 Å². The first-order valence-corrected chi connectivity index (χ1v) is 10.3. The number of allylic oxidation sites excluding steroid dienone is 1. The first kappa shape index (κ1) is 20.6. The SMILES string of the molecule is O=C1/C(=C/c2ccccc2F)S/C(=N/N=C\C=C\c2ccccc2)N1Cc1ccco1. The van der Waals surface area contributed by atoms with Gasteiger partial charge in [-0.1, -0.05) is 54.6 Å². The van der Waals surface area contributed by atoms with Gasteiger partial charge in [0, 0.05) is 11.8 Å². The molecule has 1 amide bonds. The second-order valence-corrected chi connectivity index (χ2v) is 7.53. The van der Waals surface area contributed by atoms with Gasteiger partial charge in [-0.15, -0.1) is 5.10 Å². The third kappa shape index (κ3) is 5.26. The molecule has 0 N–H and O–H groups in total. The van der Waals surface area contributed by atoms with Gasteiger partial charge in [-0.05, 0) is 47.7 Å². The van der Waals surface area contributed by atoms with Gasteiger partial charge < -0.3 is 4.42 Å². The fraction of sp³-hybridized carbons (Fsp3) is 0.0417. The van der Waals surface area contributed by atoms with Gasteiger partial charge in [0.1, 0.15) is 11.6 Å². The molecule has 5 nitrogen and oxygen atoms in total. The Balaban J connectivity index is 1.56. The summed E-state index contributed by atoms with van der Waals surface area (Å²) < 4.78 is 19.4. The molecule has 0 saturated carbocycles. The number of furan rings is 1. The number of carbonyl (C=O) groups is 1. The Morgan fingerprint density at radius 1 is 1.03 bits per heavy atom. The predicted octanol–water partition coefficient (Wildman–Crippen LogP) is 5.59. The summed E-state index contributed by atoms with van der Waals surface area (Å²) in [5, 5.41) is 8.68. The Morgan fingerprint density at radius 2 is 1.84 bits per heavy atom. The van der Waals surface area contributed by atoms with Gasteiger partial charge in [0.15, 0.2) is 5.17 Å². The minimum absolute atomic E-state index is 0.210. The normalized spacial score (nSPS) is 17.1. The molecule has 4 rings (SSSR count). The maximum Gasteiger partial charge on any atom is 0.267 e. The molecule has 1 saturated heterocycles. The van der Waals surface area contributed by atoms with E-state index in [1.54, 1.807) is 48.9 Å². The fourth-order valence-electron chi connectivity index (χ4n) is 2.85. The molecule has 1 aliphatic rings. The molecular weight excluding hydrogens is 413 g/mol. The predicted molar refractivity (Wildman–Crippen MR) is 123 cm³/mol. The van der Waals surface area contributed by atoms with Crippen molar-refractivity contribution in [1.82, 2.24) is 4.90 Å². The van der Waals surface area contributed by atoms with Gasteiger partial charge in [0.25, 0.3) is 5.91 Å². The number of amides is 1. The zero-order valence-corrected chi connectivity index (χ0v) is 17.2. The molecule has 1 fully saturated rings. The van der Waals surface area contributed by atoms with Crippen LogP contribution in [0.3, 0.4) is 0 Å². The molecule has 1 aromatic heterocycles. The van der Waals surface area contributed by atoms with Crippen LogP contribution in [0.1, 0.15) is 16.9 Å². The van der Waals surface area contributed by atoms with E-state index in [2.05, 4.69) is 10.2 Å². The number of nitrogens with zero attached hydrogens (tertiary/aromatic N) is 3. The van der Waals surface area contributed by atoms with Crippen molar-refractivity contribution in [2.75, 3.05) is 0 Å².